The number of carbonyl (C=O) groups excluding carboxylic acids is 2. The molecule has 1 aliphatic carbocycles. The number of aromatic nitrogens is 2. The van der Waals surface area contributed by atoms with Gasteiger partial charge in [-0.3, -0.25) is 9.59 Å². The fraction of sp³-hybridized carbons (Fsp3) is 0.0909. The van der Waals surface area contributed by atoms with Gasteiger partial charge in [-0.1, -0.05) is 58.9 Å². The number of allylic oxidation sites excluding steroid dienone is 2. The lowest BCUT2D eigenvalue weighted by Crippen LogP contribution is -2.21. The van der Waals surface area contributed by atoms with Crippen molar-refractivity contribution in [1.29, 1.82) is 0 Å². The number of hydrogen-bond acceptors (Lipinski definition) is 6. The van der Waals surface area contributed by atoms with Gasteiger partial charge in [0, 0.05) is 16.0 Å². The zero-order valence-electron chi connectivity index (χ0n) is 15.3. The highest BCUT2D eigenvalue weighted by atomic mass is 32.2. The topological polar surface area (TPSA) is 59.9 Å². The highest BCUT2D eigenvalue weighted by molar-refractivity contribution is 8.08. The van der Waals surface area contributed by atoms with Crippen LogP contribution in [0.1, 0.15) is 32.0 Å². The Morgan fingerprint density at radius 3 is 1.75 bits per heavy atom. The van der Waals surface area contributed by atoms with Crippen LogP contribution in [0.25, 0.3) is 0 Å². The minimum atomic E-state index is -0.239. The summed E-state index contributed by atoms with van der Waals surface area (Å²) in [5.74, 6) is -0.451. The second-order valence-corrected chi connectivity index (χ2v) is 8.60. The summed E-state index contributed by atoms with van der Waals surface area (Å²) >= 11 is 2.62. The predicted octanol–water partition coefficient (Wildman–Crippen LogP) is 5.27. The fourth-order valence-electron chi connectivity index (χ4n) is 2.75. The molecule has 0 saturated carbocycles. The molecule has 0 atom stereocenters. The van der Waals surface area contributed by atoms with E-state index in [1.807, 2.05) is 62.4 Å². The zero-order valence-corrected chi connectivity index (χ0v) is 16.9. The van der Waals surface area contributed by atoms with Gasteiger partial charge in [-0.15, -0.1) is 0 Å². The molecule has 28 heavy (non-hydrogen) atoms. The number of thioether (sulfide) groups is 2. The molecule has 1 aromatic heterocycles. The van der Waals surface area contributed by atoms with Crippen LogP contribution in [0.15, 0.2) is 80.7 Å². The maximum absolute atomic E-state index is 13.2. The van der Waals surface area contributed by atoms with Gasteiger partial charge in [0.25, 0.3) is 0 Å². The number of rotatable bonds is 4. The molecule has 0 N–H and O–H groups in total. The van der Waals surface area contributed by atoms with Crippen molar-refractivity contribution < 1.29 is 9.59 Å². The fourth-order valence-corrected chi connectivity index (χ4v) is 4.78. The number of fused-ring (bicyclic) bond motifs is 1. The Kier molecular flexibility index (Phi) is 5.15. The number of carbonyl (C=O) groups is 2. The Balaban J connectivity index is 1.80. The molecule has 0 unspecified atom stereocenters. The smallest absolute Gasteiger partial charge is 0.220 e. The zero-order chi connectivity index (χ0) is 19.7. The summed E-state index contributed by atoms with van der Waals surface area (Å²) in [6.45, 7) is 4.02. The molecule has 1 aliphatic rings. The Morgan fingerprint density at radius 2 is 1.21 bits per heavy atom. The summed E-state index contributed by atoms with van der Waals surface area (Å²) in [6, 6.07) is 15.8. The van der Waals surface area contributed by atoms with Gasteiger partial charge in [-0.25, -0.2) is 9.97 Å². The van der Waals surface area contributed by atoms with Crippen molar-refractivity contribution in [3.63, 3.8) is 0 Å². The molecule has 0 spiro atoms. The lowest BCUT2D eigenvalue weighted by Gasteiger charge is -2.19. The van der Waals surface area contributed by atoms with E-state index in [0.717, 1.165) is 20.9 Å². The highest BCUT2D eigenvalue weighted by Gasteiger charge is 2.34. The summed E-state index contributed by atoms with van der Waals surface area (Å²) in [4.78, 5) is 37.0. The maximum Gasteiger partial charge on any atom is 0.220 e. The van der Waals surface area contributed by atoms with Gasteiger partial charge in [-0.05, 0) is 38.1 Å². The molecule has 6 heteroatoms. The van der Waals surface area contributed by atoms with E-state index in [2.05, 4.69) is 9.97 Å². The Labute approximate surface area is 171 Å². The first-order valence-corrected chi connectivity index (χ1v) is 10.3. The van der Waals surface area contributed by atoms with Crippen molar-refractivity contribution in [2.45, 2.75) is 23.6 Å². The first-order chi connectivity index (χ1) is 13.5. The Bertz CT molecular complexity index is 1020. The van der Waals surface area contributed by atoms with Crippen LogP contribution in [0, 0.1) is 13.8 Å². The molecular formula is C22H16N2O2S2. The lowest BCUT2D eigenvalue weighted by molar-refractivity contribution is 0.0984. The van der Waals surface area contributed by atoms with Crippen LogP contribution >= 0.6 is 23.5 Å². The van der Waals surface area contributed by atoms with E-state index in [9.17, 15) is 9.59 Å². The van der Waals surface area contributed by atoms with Gasteiger partial charge in [0.2, 0.25) is 11.6 Å². The van der Waals surface area contributed by atoms with Crippen molar-refractivity contribution in [2.75, 3.05) is 0 Å². The summed E-state index contributed by atoms with van der Waals surface area (Å²) < 4.78 is 0. The molecule has 0 fully saturated rings. The van der Waals surface area contributed by atoms with E-state index in [-0.39, 0.29) is 22.8 Å². The van der Waals surface area contributed by atoms with Crippen LogP contribution in [0.5, 0.6) is 0 Å². The predicted molar refractivity (Wildman–Crippen MR) is 112 cm³/mol. The minimum absolute atomic E-state index is 0.169. The van der Waals surface area contributed by atoms with Crippen LogP contribution < -0.4 is 0 Å². The lowest BCUT2D eigenvalue weighted by atomic mass is 10.0. The molecule has 0 aliphatic heterocycles. The summed E-state index contributed by atoms with van der Waals surface area (Å²) in [7, 11) is 0. The van der Waals surface area contributed by atoms with E-state index in [1.54, 1.807) is 0 Å². The normalized spacial score (nSPS) is 13.6. The van der Waals surface area contributed by atoms with Crippen molar-refractivity contribution in [3.8, 4) is 0 Å². The standard InChI is InChI=1S/C22H16N2O2S2/c1-13-3-7-15(8-4-13)27-21-19(25)17-11-23-12-24-18(17)20(26)22(21)28-16-9-5-14(2)6-10-16/h3-12H,1-2H3. The van der Waals surface area contributed by atoms with Crippen molar-refractivity contribution in [1.82, 2.24) is 9.97 Å². The molecule has 4 nitrogen and oxygen atoms in total. The highest BCUT2D eigenvalue weighted by Crippen LogP contribution is 2.42. The van der Waals surface area contributed by atoms with E-state index in [4.69, 9.17) is 0 Å². The molecule has 1 heterocycles. The third-order valence-corrected chi connectivity index (χ3v) is 6.60. The van der Waals surface area contributed by atoms with Gasteiger partial charge in [0.05, 0.1) is 15.4 Å². The van der Waals surface area contributed by atoms with E-state index < -0.39 is 0 Å². The van der Waals surface area contributed by atoms with E-state index in [0.29, 0.717) is 9.81 Å². The molecule has 4 rings (SSSR count). The first-order valence-electron chi connectivity index (χ1n) is 8.65. The first kappa shape index (κ1) is 18.7. The van der Waals surface area contributed by atoms with Crippen LogP contribution in [0.2, 0.25) is 0 Å². The second-order valence-electron chi connectivity index (χ2n) is 6.43. The van der Waals surface area contributed by atoms with Gasteiger partial charge >= 0.3 is 0 Å². The monoisotopic (exact) mass is 404 g/mol. The Morgan fingerprint density at radius 1 is 0.714 bits per heavy atom. The van der Waals surface area contributed by atoms with E-state index in [1.165, 1.54) is 36.0 Å². The SMILES string of the molecule is Cc1ccc(SC2=C(Sc3ccc(C)cc3)C(=O)c3ncncc3C2=O)cc1. The second kappa shape index (κ2) is 7.73. The van der Waals surface area contributed by atoms with Crippen molar-refractivity contribution in [2.24, 2.45) is 0 Å². The molecule has 0 bridgehead atoms. The summed E-state index contributed by atoms with van der Waals surface area (Å²) in [5, 5.41) is 0. The largest absolute Gasteiger partial charge is 0.288 e. The van der Waals surface area contributed by atoms with Crippen LogP contribution in [0.4, 0.5) is 0 Å². The van der Waals surface area contributed by atoms with Crippen molar-refractivity contribution in [3.05, 3.63) is 93.2 Å². The molecule has 0 saturated heterocycles. The van der Waals surface area contributed by atoms with Crippen LogP contribution in [-0.2, 0) is 0 Å². The average molecular weight is 405 g/mol. The maximum atomic E-state index is 13.2. The number of nitrogens with zero attached hydrogens (tertiary/aromatic N) is 2. The Hall–Kier alpha value is -2.70. The minimum Gasteiger partial charge on any atom is -0.288 e. The molecule has 138 valence electrons. The third kappa shape index (κ3) is 3.66. The van der Waals surface area contributed by atoms with Gasteiger partial charge < -0.3 is 0 Å². The number of benzene rings is 2. The van der Waals surface area contributed by atoms with Crippen LogP contribution in [0.3, 0.4) is 0 Å². The number of Topliss-reactive ketones (excluding diaryl/α,β-unsaturated/α-hetero) is 2. The van der Waals surface area contributed by atoms with Crippen molar-refractivity contribution >= 4 is 35.1 Å². The molecule has 0 radical (unpaired) electrons. The molecule has 3 aromatic rings. The summed E-state index contributed by atoms with van der Waals surface area (Å²) in [6.07, 6.45) is 2.72. The molecular weight excluding hydrogens is 388 g/mol. The average Bonchev–Trinajstić information content (AvgIpc) is 2.71. The van der Waals surface area contributed by atoms with Gasteiger partial charge in [0.15, 0.2) is 0 Å². The quantitative estimate of drug-likeness (QED) is 0.590. The third-order valence-electron chi connectivity index (χ3n) is 4.27. The number of ketones is 2. The number of hydrogen-bond donors (Lipinski definition) is 0. The van der Waals surface area contributed by atoms with Gasteiger partial charge in [-0.2, -0.15) is 0 Å². The molecule has 2 aromatic carbocycles. The van der Waals surface area contributed by atoms with Gasteiger partial charge in [0.1, 0.15) is 12.0 Å². The summed E-state index contributed by atoms with van der Waals surface area (Å²) in [5.41, 5.74) is 2.70. The molecule has 0 amide bonds. The van der Waals surface area contributed by atoms with Crippen LogP contribution in [-0.4, -0.2) is 21.5 Å². The number of aryl methyl sites for hydroxylation is 2. The van der Waals surface area contributed by atoms with E-state index >= 15 is 0 Å².